The van der Waals surface area contributed by atoms with Crippen molar-refractivity contribution in [3.05, 3.63) is 71.0 Å². The molecule has 1 unspecified atom stereocenters. The predicted molar refractivity (Wildman–Crippen MR) is 117 cm³/mol. The number of aromatic nitrogens is 2. The fourth-order valence-electron chi connectivity index (χ4n) is 2.69. The van der Waals surface area contributed by atoms with E-state index in [0.717, 1.165) is 16.1 Å². The first kappa shape index (κ1) is 21.3. The maximum Gasteiger partial charge on any atom is 0.273 e. The second-order valence-corrected chi connectivity index (χ2v) is 7.38. The van der Waals surface area contributed by atoms with Gasteiger partial charge in [-0.3, -0.25) is 9.79 Å². The molecule has 0 spiro atoms. The average molecular weight is 425 g/mol. The molecule has 3 N–H and O–H groups in total. The van der Waals surface area contributed by atoms with Crippen molar-refractivity contribution >= 4 is 29.2 Å². The zero-order valence-electron chi connectivity index (χ0n) is 16.3. The Kier molecular flexibility index (Phi) is 7.34. The number of hydrogen-bond donors (Lipinski definition) is 2. The van der Waals surface area contributed by atoms with E-state index >= 15 is 0 Å². The summed E-state index contributed by atoms with van der Waals surface area (Å²) in [7, 11) is 0. The van der Waals surface area contributed by atoms with E-state index in [1.54, 1.807) is 12.1 Å². The molecule has 0 saturated carbocycles. The molecule has 2 aromatic carbocycles. The Labute approximate surface area is 177 Å². The number of nitrogens with two attached hydrogens (primary N) is 1. The van der Waals surface area contributed by atoms with Gasteiger partial charge < -0.3 is 11.2 Å². The molecule has 0 saturated heterocycles. The van der Waals surface area contributed by atoms with Crippen LogP contribution in [0, 0.1) is 5.82 Å². The highest BCUT2D eigenvalue weighted by atomic mass is 32.1. The summed E-state index contributed by atoms with van der Waals surface area (Å²) < 4.78 is 13.1. The molecular weight excluding hydrogens is 403 g/mol. The molecule has 0 radical (unpaired) electrons. The normalized spacial score (nSPS) is 12.8. The molecule has 0 aliphatic carbocycles. The standard InChI is InChI=1S/C21H21FN6OS/c1-2-17(14-8-10-16(22)11-9-14)24-12-18(26-23)20(29)25-13-19-27-28-21(30-19)15-6-4-3-5-7-15/h3-12,17H,2,13,23H2,1H3,(H,25,29)/b24-12?,26-18+. The number of hydrazone groups is 1. The lowest BCUT2D eigenvalue weighted by atomic mass is 10.1. The fourth-order valence-corrected chi connectivity index (χ4v) is 3.48. The van der Waals surface area contributed by atoms with Gasteiger partial charge in [-0.2, -0.15) is 5.10 Å². The first-order valence-corrected chi connectivity index (χ1v) is 10.1. The van der Waals surface area contributed by atoms with Crippen molar-refractivity contribution < 1.29 is 9.18 Å². The summed E-state index contributed by atoms with van der Waals surface area (Å²) in [5.74, 6) is 4.59. The Bertz CT molecular complexity index is 1030. The van der Waals surface area contributed by atoms with Gasteiger partial charge >= 0.3 is 0 Å². The largest absolute Gasteiger partial charge is 0.344 e. The zero-order chi connectivity index (χ0) is 21.3. The summed E-state index contributed by atoms with van der Waals surface area (Å²) in [5, 5.41) is 15.9. The number of nitrogens with one attached hydrogen (secondary N) is 1. The first-order valence-electron chi connectivity index (χ1n) is 9.33. The highest BCUT2D eigenvalue weighted by Crippen LogP contribution is 2.23. The van der Waals surface area contributed by atoms with Crippen molar-refractivity contribution in [3.63, 3.8) is 0 Å². The highest BCUT2D eigenvalue weighted by molar-refractivity contribution is 7.14. The molecule has 1 aromatic heterocycles. The topological polar surface area (TPSA) is 106 Å². The average Bonchev–Trinajstić information content (AvgIpc) is 3.26. The maximum atomic E-state index is 13.1. The van der Waals surface area contributed by atoms with Crippen molar-refractivity contribution in [2.24, 2.45) is 15.9 Å². The van der Waals surface area contributed by atoms with E-state index in [1.165, 1.54) is 29.7 Å². The number of benzene rings is 2. The number of amides is 1. The summed E-state index contributed by atoms with van der Waals surface area (Å²) in [6.45, 7) is 2.15. The van der Waals surface area contributed by atoms with E-state index in [9.17, 15) is 9.18 Å². The highest BCUT2D eigenvalue weighted by Gasteiger charge is 2.13. The van der Waals surface area contributed by atoms with Crippen LogP contribution in [-0.4, -0.2) is 28.0 Å². The van der Waals surface area contributed by atoms with Crippen LogP contribution < -0.4 is 11.2 Å². The van der Waals surface area contributed by atoms with Crippen LogP contribution in [0.15, 0.2) is 64.7 Å². The molecule has 0 bridgehead atoms. The van der Waals surface area contributed by atoms with Crippen molar-refractivity contribution in [2.45, 2.75) is 25.9 Å². The van der Waals surface area contributed by atoms with Crippen LogP contribution in [0.5, 0.6) is 0 Å². The van der Waals surface area contributed by atoms with Gasteiger partial charge in [-0.1, -0.05) is 60.7 Å². The van der Waals surface area contributed by atoms with Gasteiger partial charge in [-0.15, -0.1) is 10.2 Å². The van der Waals surface area contributed by atoms with Crippen molar-refractivity contribution in [3.8, 4) is 10.6 Å². The van der Waals surface area contributed by atoms with Crippen LogP contribution in [-0.2, 0) is 11.3 Å². The van der Waals surface area contributed by atoms with E-state index in [-0.39, 0.29) is 24.1 Å². The molecule has 1 atom stereocenters. The molecule has 3 aromatic rings. The summed E-state index contributed by atoms with van der Waals surface area (Å²) in [6.07, 6.45) is 2.01. The van der Waals surface area contributed by atoms with E-state index in [2.05, 4.69) is 25.6 Å². The number of nitrogens with zero attached hydrogens (tertiary/aromatic N) is 4. The van der Waals surface area contributed by atoms with E-state index in [0.29, 0.717) is 11.4 Å². The van der Waals surface area contributed by atoms with E-state index in [4.69, 9.17) is 5.84 Å². The lowest BCUT2D eigenvalue weighted by Gasteiger charge is -2.10. The minimum absolute atomic E-state index is 0.0108. The molecule has 3 rings (SSSR count). The fraction of sp³-hybridized carbons (Fsp3) is 0.190. The number of aliphatic imine (C=N–C) groups is 1. The number of rotatable bonds is 8. The third-order valence-corrected chi connectivity index (χ3v) is 5.25. The monoisotopic (exact) mass is 424 g/mol. The van der Waals surface area contributed by atoms with Gasteiger partial charge in [0.05, 0.1) is 18.8 Å². The first-order chi connectivity index (χ1) is 14.6. The van der Waals surface area contributed by atoms with Crippen LogP contribution in [0.1, 0.15) is 30.0 Å². The molecule has 0 aliphatic rings. The van der Waals surface area contributed by atoms with Gasteiger partial charge in [0.1, 0.15) is 15.8 Å². The molecule has 154 valence electrons. The third kappa shape index (κ3) is 5.54. The van der Waals surface area contributed by atoms with Crippen molar-refractivity contribution in [2.75, 3.05) is 0 Å². The number of carbonyl (C=O) groups excluding carboxylic acids is 1. The summed E-state index contributed by atoms with van der Waals surface area (Å²) in [6, 6.07) is 15.5. The molecule has 7 nitrogen and oxygen atoms in total. The second-order valence-electron chi connectivity index (χ2n) is 6.32. The molecule has 9 heteroatoms. The Morgan fingerprint density at radius 1 is 1.20 bits per heavy atom. The molecular formula is C21H21FN6OS. The predicted octanol–water partition coefficient (Wildman–Crippen LogP) is 3.50. The van der Waals surface area contributed by atoms with Gasteiger partial charge in [0.2, 0.25) is 0 Å². The van der Waals surface area contributed by atoms with Crippen LogP contribution in [0.4, 0.5) is 4.39 Å². The summed E-state index contributed by atoms with van der Waals surface area (Å²) in [5.41, 5.74) is 1.80. The van der Waals surface area contributed by atoms with Gasteiger partial charge in [0, 0.05) is 5.56 Å². The Morgan fingerprint density at radius 3 is 2.60 bits per heavy atom. The van der Waals surface area contributed by atoms with Crippen LogP contribution >= 0.6 is 11.3 Å². The quantitative estimate of drug-likeness (QED) is 0.328. The lowest BCUT2D eigenvalue weighted by molar-refractivity contribution is -0.114. The Balaban J connectivity index is 1.60. The third-order valence-electron chi connectivity index (χ3n) is 4.28. The van der Waals surface area contributed by atoms with Crippen molar-refractivity contribution in [1.29, 1.82) is 0 Å². The van der Waals surface area contributed by atoms with E-state index in [1.807, 2.05) is 37.3 Å². The lowest BCUT2D eigenvalue weighted by Crippen LogP contribution is -2.32. The SMILES string of the molecule is CCC(N=C/C(=N\N)C(=O)NCc1nnc(-c2ccccc2)s1)c1ccc(F)cc1. The zero-order valence-corrected chi connectivity index (χ0v) is 17.1. The summed E-state index contributed by atoms with van der Waals surface area (Å²) >= 11 is 1.40. The van der Waals surface area contributed by atoms with Gasteiger partial charge in [0.15, 0.2) is 5.71 Å². The van der Waals surface area contributed by atoms with Crippen molar-refractivity contribution in [1.82, 2.24) is 15.5 Å². The Morgan fingerprint density at radius 2 is 1.93 bits per heavy atom. The summed E-state index contributed by atoms with van der Waals surface area (Å²) in [4.78, 5) is 16.8. The second kappa shape index (κ2) is 10.4. The van der Waals surface area contributed by atoms with Crippen LogP contribution in [0.2, 0.25) is 0 Å². The van der Waals surface area contributed by atoms with Gasteiger partial charge in [0.25, 0.3) is 5.91 Å². The minimum Gasteiger partial charge on any atom is -0.344 e. The minimum atomic E-state index is -0.466. The number of halogens is 1. The number of hydrogen-bond acceptors (Lipinski definition) is 7. The van der Waals surface area contributed by atoms with Crippen LogP contribution in [0.25, 0.3) is 10.6 Å². The molecule has 1 amide bonds. The van der Waals surface area contributed by atoms with Gasteiger partial charge in [-0.25, -0.2) is 4.39 Å². The molecule has 30 heavy (non-hydrogen) atoms. The molecule has 0 aliphatic heterocycles. The molecule has 0 fully saturated rings. The van der Waals surface area contributed by atoms with Gasteiger partial charge in [-0.05, 0) is 24.1 Å². The Hall–Kier alpha value is -3.46. The van der Waals surface area contributed by atoms with E-state index < -0.39 is 5.91 Å². The number of carbonyl (C=O) groups is 1. The smallest absolute Gasteiger partial charge is 0.273 e. The maximum absolute atomic E-state index is 13.1. The molecule has 1 heterocycles. The van der Waals surface area contributed by atoms with Crippen LogP contribution in [0.3, 0.4) is 0 Å².